The van der Waals surface area contributed by atoms with Crippen LogP contribution in [-0.2, 0) is 14.3 Å². The van der Waals surface area contributed by atoms with Crippen LogP contribution in [0.5, 0.6) is 0 Å². The number of ether oxygens (including phenoxy) is 1. The van der Waals surface area contributed by atoms with Gasteiger partial charge >= 0.3 is 0 Å². The zero-order valence-corrected chi connectivity index (χ0v) is 11.4. The Kier molecular flexibility index (Phi) is 5.15. The molecule has 19 heavy (non-hydrogen) atoms. The number of hydrogen-bond acceptors (Lipinski definition) is 4. The molecule has 2 amide bonds. The molecule has 0 spiro atoms. The van der Waals surface area contributed by atoms with Crippen molar-refractivity contribution in [3.8, 4) is 0 Å². The van der Waals surface area contributed by atoms with E-state index in [1.165, 1.54) is 12.8 Å². The molecule has 0 aromatic heterocycles. The summed E-state index contributed by atoms with van der Waals surface area (Å²) in [5, 5.41) is 9.10. The molecule has 1 aliphatic heterocycles. The molecule has 6 heteroatoms. The lowest BCUT2D eigenvalue weighted by molar-refractivity contribution is -0.131. The van der Waals surface area contributed by atoms with E-state index in [2.05, 4.69) is 16.0 Å². The summed E-state index contributed by atoms with van der Waals surface area (Å²) in [6, 6.07) is 0.166. The van der Waals surface area contributed by atoms with Crippen LogP contribution < -0.4 is 16.0 Å². The van der Waals surface area contributed by atoms with Gasteiger partial charge in [-0.25, -0.2) is 0 Å². The Labute approximate surface area is 113 Å². The van der Waals surface area contributed by atoms with Crippen molar-refractivity contribution in [2.45, 2.75) is 50.2 Å². The minimum atomic E-state index is -0.401. The maximum absolute atomic E-state index is 11.9. The van der Waals surface area contributed by atoms with Crippen LogP contribution in [0.4, 0.5) is 0 Å². The zero-order chi connectivity index (χ0) is 13.7. The van der Waals surface area contributed by atoms with E-state index in [9.17, 15) is 9.59 Å². The molecule has 2 aliphatic rings. The van der Waals surface area contributed by atoms with Crippen molar-refractivity contribution in [2.24, 2.45) is 0 Å². The number of fused-ring (bicyclic) bond motifs is 1. The molecule has 2 rings (SSSR count). The third kappa shape index (κ3) is 3.91. The van der Waals surface area contributed by atoms with E-state index in [1.807, 2.05) is 0 Å². The van der Waals surface area contributed by atoms with Gasteiger partial charge in [-0.2, -0.15) is 0 Å². The second-order valence-electron chi connectivity index (χ2n) is 5.27. The van der Waals surface area contributed by atoms with E-state index in [1.54, 1.807) is 7.11 Å². The van der Waals surface area contributed by atoms with E-state index in [-0.39, 0.29) is 24.3 Å². The molecule has 1 aliphatic carbocycles. The van der Waals surface area contributed by atoms with Gasteiger partial charge in [-0.3, -0.25) is 9.59 Å². The van der Waals surface area contributed by atoms with Gasteiger partial charge in [0.2, 0.25) is 11.8 Å². The third-order valence-electron chi connectivity index (χ3n) is 3.84. The Morgan fingerprint density at radius 1 is 1.37 bits per heavy atom. The van der Waals surface area contributed by atoms with Crippen LogP contribution in [0.15, 0.2) is 0 Å². The highest BCUT2D eigenvalue weighted by molar-refractivity contribution is 5.89. The molecule has 0 radical (unpaired) electrons. The van der Waals surface area contributed by atoms with Crippen molar-refractivity contribution in [3.05, 3.63) is 0 Å². The molecule has 1 heterocycles. The fourth-order valence-electron chi connectivity index (χ4n) is 2.82. The molecule has 0 unspecified atom stereocenters. The zero-order valence-electron chi connectivity index (χ0n) is 11.4. The highest BCUT2D eigenvalue weighted by atomic mass is 16.5. The van der Waals surface area contributed by atoms with E-state index >= 15 is 0 Å². The smallest absolute Gasteiger partial charge is 0.237 e. The summed E-state index contributed by atoms with van der Waals surface area (Å²) in [7, 11) is 1.59. The van der Waals surface area contributed by atoms with E-state index in [0.29, 0.717) is 19.2 Å². The molecule has 0 aromatic carbocycles. The molecule has 0 aromatic rings. The number of hydrogen-bond donors (Lipinski definition) is 3. The van der Waals surface area contributed by atoms with E-state index in [0.717, 1.165) is 12.8 Å². The molecule has 1 saturated carbocycles. The molecule has 108 valence electrons. The molecule has 3 atom stereocenters. The predicted molar refractivity (Wildman–Crippen MR) is 70.6 cm³/mol. The predicted octanol–water partition coefficient (Wildman–Crippen LogP) is -0.462. The Balaban J connectivity index is 1.79. The first-order valence-corrected chi connectivity index (χ1v) is 7.03. The number of carbonyl (C=O) groups is 2. The number of nitrogens with one attached hydrogen (secondary N) is 3. The topological polar surface area (TPSA) is 79.5 Å². The average molecular weight is 269 g/mol. The molecule has 3 N–H and O–H groups in total. The Bertz CT molecular complexity index is 335. The van der Waals surface area contributed by atoms with Gasteiger partial charge in [0.15, 0.2) is 0 Å². The lowest BCUT2D eigenvalue weighted by Crippen LogP contribution is -2.65. The van der Waals surface area contributed by atoms with Crippen molar-refractivity contribution in [1.29, 1.82) is 0 Å². The van der Waals surface area contributed by atoms with Gasteiger partial charge in [0.1, 0.15) is 0 Å². The Morgan fingerprint density at radius 3 is 2.84 bits per heavy atom. The van der Waals surface area contributed by atoms with Crippen molar-refractivity contribution < 1.29 is 14.3 Å². The SMILES string of the molecule is COCCNC(=O)C[C@@H]1N[C@H]2CCCC[C@H]2NC1=O. The molecule has 0 bridgehead atoms. The average Bonchev–Trinajstić information content (AvgIpc) is 2.40. The van der Waals surface area contributed by atoms with Crippen LogP contribution in [0.2, 0.25) is 0 Å². The van der Waals surface area contributed by atoms with Crippen LogP contribution in [-0.4, -0.2) is 50.2 Å². The summed E-state index contributed by atoms with van der Waals surface area (Å²) in [6.07, 6.45) is 4.67. The van der Waals surface area contributed by atoms with Crippen molar-refractivity contribution in [3.63, 3.8) is 0 Å². The van der Waals surface area contributed by atoms with Crippen LogP contribution in [0, 0.1) is 0 Å². The number of methoxy groups -OCH3 is 1. The first kappa shape index (κ1) is 14.3. The second-order valence-corrected chi connectivity index (χ2v) is 5.27. The third-order valence-corrected chi connectivity index (χ3v) is 3.84. The van der Waals surface area contributed by atoms with Crippen LogP contribution in [0.1, 0.15) is 32.1 Å². The normalized spacial score (nSPS) is 30.4. The minimum Gasteiger partial charge on any atom is -0.383 e. The summed E-state index contributed by atoms with van der Waals surface area (Å²) in [5.41, 5.74) is 0. The van der Waals surface area contributed by atoms with Gasteiger partial charge in [-0.1, -0.05) is 12.8 Å². The summed E-state index contributed by atoms with van der Waals surface area (Å²) in [6.45, 7) is 0.969. The molecule has 1 saturated heterocycles. The fourth-order valence-corrected chi connectivity index (χ4v) is 2.82. The van der Waals surface area contributed by atoms with Gasteiger partial charge in [0.25, 0.3) is 0 Å². The maximum Gasteiger partial charge on any atom is 0.237 e. The maximum atomic E-state index is 11.9. The van der Waals surface area contributed by atoms with Gasteiger partial charge in [0.05, 0.1) is 19.1 Å². The molecular formula is C13H23N3O3. The van der Waals surface area contributed by atoms with Crippen LogP contribution >= 0.6 is 0 Å². The quantitative estimate of drug-likeness (QED) is 0.590. The fraction of sp³-hybridized carbons (Fsp3) is 0.846. The summed E-state index contributed by atoms with van der Waals surface area (Å²) >= 11 is 0. The standard InChI is InChI=1S/C13H23N3O3/c1-19-7-6-14-12(17)8-11-13(18)16-10-5-3-2-4-9(10)15-11/h9-11,15H,2-8H2,1H3,(H,14,17)(H,16,18)/t9-,10+,11-/m0/s1. The van der Waals surface area contributed by atoms with Gasteiger partial charge < -0.3 is 20.7 Å². The number of amides is 2. The van der Waals surface area contributed by atoms with Crippen LogP contribution in [0.3, 0.4) is 0 Å². The highest BCUT2D eigenvalue weighted by Gasteiger charge is 2.36. The van der Waals surface area contributed by atoms with Crippen molar-refractivity contribution in [1.82, 2.24) is 16.0 Å². The number of carbonyl (C=O) groups excluding carboxylic acids is 2. The Hall–Kier alpha value is -1.14. The monoisotopic (exact) mass is 269 g/mol. The molecule has 2 fully saturated rings. The van der Waals surface area contributed by atoms with Gasteiger partial charge in [-0.05, 0) is 12.8 Å². The largest absolute Gasteiger partial charge is 0.383 e. The van der Waals surface area contributed by atoms with Gasteiger partial charge in [0, 0.05) is 25.7 Å². The van der Waals surface area contributed by atoms with E-state index in [4.69, 9.17) is 4.74 Å². The second kappa shape index (κ2) is 6.86. The van der Waals surface area contributed by atoms with E-state index < -0.39 is 6.04 Å². The lowest BCUT2D eigenvalue weighted by atomic mass is 9.87. The number of piperazine rings is 1. The van der Waals surface area contributed by atoms with Crippen LogP contribution in [0.25, 0.3) is 0 Å². The van der Waals surface area contributed by atoms with Crippen molar-refractivity contribution >= 4 is 11.8 Å². The number of rotatable bonds is 5. The first-order chi connectivity index (χ1) is 9.20. The lowest BCUT2D eigenvalue weighted by Gasteiger charge is -2.40. The summed E-state index contributed by atoms with van der Waals surface area (Å²) in [4.78, 5) is 23.6. The van der Waals surface area contributed by atoms with Crippen molar-refractivity contribution in [2.75, 3.05) is 20.3 Å². The first-order valence-electron chi connectivity index (χ1n) is 7.03. The molecular weight excluding hydrogens is 246 g/mol. The van der Waals surface area contributed by atoms with Gasteiger partial charge in [-0.15, -0.1) is 0 Å². The summed E-state index contributed by atoms with van der Waals surface area (Å²) in [5.74, 6) is -0.163. The highest BCUT2D eigenvalue weighted by Crippen LogP contribution is 2.22. The minimum absolute atomic E-state index is 0.0509. The molecule has 6 nitrogen and oxygen atoms in total. The summed E-state index contributed by atoms with van der Waals surface area (Å²) < 4.78 is 4.86. The Morgan fingerprint density at radius 2 is 2.11 bits per heavy atom.